The third-order valence-corrected chi connectivity index (χ3v) is 4.63. The molecule has 28 heavy (non-hydrogen) atoms. The Labute approximate surface area is 170 Å². The van der Waals surface area contributed by atoms with Gasteiger partial charge in [0.15, 0.2) is 0 Å². The first-order valence-corrected chi connectivity index (χ1v) is 9.36. The van der Waals surface area contributed by atoms with Crippen molar-refractivity contribution in [2.75, 3.05) is 0 Å². The molecule has 0 heterocycles. The van der Waals surface area contributed by atoms with Gasteiger partial charge in [0.2, 0.25) is 5.91 Å². The number of hydrogen-bond acceptors (Lipinski definition) is 3. The van der Waals surface area contributed by atoms with Gasteiger partial charge >= 0.3 is 0 Å². The average molecular weight is 398 g/mol. The number of nitrogens with zero attached hydrogens (tertiary/aromatic N) is 1. The number of amides is 2. The second-order valence-electron chi connectivity index (χ2n) is 7.64. The highest BCUT2D eigenvalue weighted by Gasteiger charge is 2.21. The minimum absolute atomic E-state index is 0.00434. The van der Waals surface area contributed by atoms with Gasteiger partial charge in [-0.15, -0.1) is 0 Å². The van der Waals surface area contributed by atoms with Gasteiger partial charge in [-0.3, -0.25) is 9.59 Å². The molecular weight excluding hydrogens is 374 g/mol. The van der Waals surface area contributed by atoms with Crippen molar-refractivity contribution in [3.8, 4) is 6.07 Å². The van der Waals surface area contributed by atoms with Gasteiger partial charge in [-0.25, -0.2) is 0 Å². The Hall–Kier alpha value is -2.84. The van der Waals surface area contributed by atoms with Crippen molar-refractivity contribution < 1.29 is 9.59 Å². The zero-order valence-corrected chi connectivity index (χ0v) is 17.2. The number of nitrogens with one attached hydrogen (secondary N) is 2. The molecule has 2 unspecified atom stereocenters. The van der Waals surface area contributed by atoms with Crippen LogP contribution in [0.4, 0.5) is 0 Å². The van der Waals surface area contributed by atoms with E-state index in [9.17, 15) is 14.9 Å². The Balaban J connectivity index is 2.02. The molecule has 0 aliphatic rings. The fraction of sp³-hybridized carbons (Fsp3) is 0.318. The summed E-state index contributed by atoms with van der Waals surface area (Å²) >= 11 is 5.81. The minimum Gasteiger partial charge on any atom is -0.341 e. The largest absolute Gasteiger partial charge is 0.341 e. The maximum atomic E-state index is 12.4. The summed E-state index contributed by atoms with van der Waals surface area (Å²) in [6.45, 7) is 7.89. The standard InChI is InChI=1S/C22H24ClN3O2/c1-14(25-21(28)16-7-11-18(23)12-8-16)20(27)26-19(13-24)15-5-9-17(10-6-15)22(2,3)4/h5-12,14,19H,1-4H3,(H,25,28)(H,26,27). The van der Waals surface area contributed by atoms with E-state index in [2.05, 4.69) is 37.5 Å². The second kappa shape index (κ2) is 8.90. The number of carbonyl (C=O) groups excluding carboxylic acids is 2. The van der Waals surface area contributed by atoms with Crippen LogP contribution in [-0.4, -0.2) is 17.9 Å². The molecule has 0 saturated heterocycles. The Morgan fingerprint density at radius 1 is 1.00 bits per heavy atom. The molecule has 0 bridgehead atoms. The molecule has 2 rings (SSSR count). The summed E-state index contributed by atoms with van der Waals surface area (Å²) in [5, 5.41) is 15.3. The summed E-state index contributed by atoms with van der Waals surface area (Å²) in [4.78, 5) is 24.7. The second-order valence-corrected chi connectivity index (χ2v) is 8.08. The normalized spacial score (nSPS) is 13.1. The third kappa shape index (κ3) is 5.58. The van der Waals surface area contributed by atoms with Gasteiger partial charge in [0.05, 0.1) is 6.07 Å². The Bertz CT molecular complexity index is 878. The van der Waals surface area contributed by atoms with Crippen LogP contribution in [0.1, 0.15) is 55.2 Å². The van der Waals surface area contributed by atoms with E-state index in [0.717, 1.165) is 5.56 Å². The van der Waals surface area contributed by atoms with Crippen molar-refractivity contribution >= 4 is 23.4 Å². The van der Waals surface area contributed by atoms with Crippen LogP contribution in [0, 0.1) is 11.3 Å². The molecule has 6 heteroatoms. The molecule has 0 fully saturated rings. The lowest BCUT2D eigenvalue weighted by molar-refractivity contribution is -0.123. The first-order valence-electron chi connectivity index (χ1n) is 8.98. The molecule has 2 aromatic carbocycles. The molecule has 0 aliphatic heterocycles. The Morgan fingerprint density at radius 2 is 1.57 bits per heavy atom. The molecule has 2 N–H and O–H groups in total. The van der Waals surface area contributed by atoms with E-state index >= 15 is 0 Å². The fourth-order valence-electron chi connectivity index (χ4n) is 2.58. The smallest absolute Gasteiger partial charge is 0.251 e. The van der Waals surface area contributed by atoms with E-state index in [-0.39, 0.29) is 11.3 Å². The minimum atomic E-state index is -0.798. The van der Waals surface area contributed by atoms with Gasteiger partial charge in [-0.1, -0.05) is 56.6 Å². The SMILES string of the molecule is CC(NC(=O)c1ccc(Cl)cc1)C(=O)NC(C#N)c1ccc(C(C)(C)C)cc1. The predicted octanol–water partition coefficient (Wildman–Crippen LogP) is 4.14. The molecule has 2 amide bonds. The van der Waals surface area contributed by atoms with E-state index < -0.39 is 18.0 Å². The van der Waals surface area contributed by atoms with Gasteiger partial charge < -0.3 is 10.6 Å². The van der Waals surface area contributed by atoms with Crippen molar-refractivity contribution in [2.45, 2.75) is 45.2 Å². The third-order valence-electron chi connectivity index (χ3n) is 4.37. The zero-order valence-electron chi connectivity index (χ0n) is 16.4. The fourth-order valence-corrected chi connectivity index (χ4v) is 2.71. The molecule has 2 aromatic rings. The summed E-state index contributed by atoms with van der Waals surface area (Å²) in [7, 11) is 0. The van der Waals surface area contributed by atoms with Crippen LogP contribution in [-0.2, 0) is 10.2 Å². The van der Waals surface area contributed by atoms with Crippen molar-refractivity contribution in [2.24, 2.45) is 0 Å². The van der Waals surface area contributed by atoms with Crippen LogP contribution in [0.2, 0.25) is 5.02 Å². The van der Waals surface area contributed by atoms with Crippen LogP contribution in [0.15, 0.2) is 48.5 Å². The van der Waals surface area contributed by atoms with E-state index in [4.69, 9.17) is 11.6 Å². The zero-order chi connectivity index (χ0) is 20.9. The van der Waals surface area contributed by atoms with E-state index in [1.807, 2.05) is 24.3 Å². The number of nitriles is 1. The summed E-state index contributed by atoms with van der Waals surface area (Å²) in [5.74, 6) is -0.823. The average Bonchev–Trinajstić information content (AvgIpc) is 2.65. The first-order chi connectivity index (χ1) is 13.1. The molecule has 2 atom stereocenters. The monoisotopic (exact) mass is 397 g/mol. The predicted molar refractivity (Wildman–Crippen MR) is 110 cm³/mol. The number of halogens is 1. The van der Waals surface area contributed by atoms with Crippen LogP contribution >= 0.6 is 11.6 Å². The number of carbonyl (C=O) groups is 2. The number of hydrogen-bond donors (Lipinski definition) is 2. The van der Waals surface area contributed by atoms with E-state index in [0.29, 0.717) is 16.1 Å². The highest BCUT2D eigenvalue weighted by Crippen LogP contribution is 2.24. The molecular formula is C22H24ClN3O2. The quantitative estimate of drug-likeness (QED) is 0.795. The molecule has 0 spiro atoms. The molecule has 0 saturated carbocycles. The van der Waals surface area contributed by atoms with Gasteiger partial charge in [-0.05, 0) is 47.7 Å². The maximum absolute atomic E-state index is 12.4. The van der Waals surface area contributed by atoms with Crippen molar-refractivity contribution in [1.82, 2.24) is 10.6 Å². The summed E-state index contributed by atoms with van der Waals surface area (Å²) in [5.41, 5.74) is 2.24. The highest BCUT2D eigenvalue weighted by atomic mass is 35.5. The van der Waals surface area contributed by atoms with Gasteiger partial charge in [0, 0.05) is 10.6 Å². The number of benzene rings is 2. The lowest BCUT2D eigenvalue weighted by Gasteiger charge is -2.21. The van der Waals surface area contributed by atoms with Crippen molar-refractivity contribution in [3.05, 3.63) is 70.2 Å². The first kappa shape index (κ1) is 21.5. The topological polar surface area (TPSA) is 82.0 Å². The Morgan fingerprint density at radius 3 is 2.07 bits per heavy atom. The molecule has 0 aromatic heterocycles. The van der Waals surface area contributed by atoms with Gasteiger partial charge in [-0.2, -0.15) is 5.26 Å². The van der Waals surface area contributed by atoms with Crippen LogP contribution < -0.4 is 10.6 Å². The number of rotatable bonds is 5. The lowest BCUT2D eigenvalue weighted by Crippen LogP contribution is -2.45. The van der Waals surface area contributed by atoms with Gasteiger partial charge in [0.1, 0.15) is 12.1 Å². The molecule has 5 nitrogen and oxygen atoms in total. The molecule has 0 radical (unpaired) electrons. The Kier molecular flexibility index (Phi) is 6.82. The maximum Gasteiger partial charge on any atom is 0.251 e. The summed E-state index contributed by atoms with van der Waals surface area (Å²) < 4.78 is 0. The van der Waals surface area contributed by atoms with Gasteiger partial charge in [0.25, 0.3) is 5.91 Å². The van der Waals surface area contributed by atoms with Crippen LogP contribution in [0.5, 0.6) is 0 Å². The van der Waals surface area contributed by atoms with E-state index in [1.54, 1.807) is 31.2 Å². The lowest BCUT2D eigenvalue weighted by atomic mass is 9.86. The summed E-state index contributed by atoms with van der Waals surface area (Å²) in [6, 6.07) is 14.5. The highest BCUT2D eigenvalue weighted by molar-refractivity contribution is 6.30. The summed E-state index contributed by atoms with van der Waals surface area (Å²) in [6.07, 6.45) is 0. The van der Waals surface area contributed by atoms with Crippen LogP contribution in [0.3, 0.4) is 0 Å². The van der Waals surface area contributed by atoms with Crippen molar-refractivity contribution in [1.29, 1.82) is 5.26 Å². The molecule has 146 valence electrons. The van der Waals surface area contributed by atoms with E-state index in [1.165, 1.54) is 0 Å². The molecule has 0 aliphatic carbocycles. The van der Waals surface area contributed by atoms with Crippen LogP contribution in [0.25, 0.3) is 0 Å². The van der Waals surface area contributed by atoms with Crippen molar-refractivity contribution in [3.63, 3.8) is 0 Å².